The van der Waals surface area contributed by atoms with E-state index in [-0.39, 0.29) is 11.3 Å². The number of halogens is 1. The summed E-state index contributed by atoms with van der Waals surface area (Å²) in [7, 11) is 1.54. The first-order chi connectivity index (χ1) is 17.4. The maximum absolute atomic E-state index is 14.2. The Morgan fingerprint density at radius 2 is 1.64 bits per heavy atom. The van der Waals surface area contributed by atoms with E-state index in [2.05, 4.69) is 18.7 Å². The molecule has 0 bridgehead atoms. The summed E-state index contributed by atoms with van der Waals surface area (Å²) in [5.41, 5.74) is 0.822. The van der Waals surface area contributed by atoms with Crippen molar-refractivity contribution in [3.05, 3.63) is 71.0 Å². The lowest BCUT2D eigenvalue weighted by atomic mass is 9.95. The normalized spacial score (nSPS) is 17.2. The first-order valence-electron chi connectivity index (χ1n) is 12.8. The second-order valence-electron chi connectivity index (χ2n) is 9.18. The van der Waals surface area contributed by atoms with Crippen LogP contribution in [-0.2, 0) is 9.59 Å². The molecule has 0 aromatic heterocycles. The fraction of sp³-hybridized carbons (Fsp3) is 0.448. The molecular formula is C29H37FN2O4. The Morgan fingerprint density at radius 1 is 1.00 bits per heavy atom. The molecule has 0 radical (unpaired) electrons. The highest BCUT2D eigenvalue weighted by Gasteiger charge is 2.45. The van der Waals surface area contributed by atoms with Crippen LogP contribution in [0.4, 0.5) is 4.39 Å². The Kier molecular flexibility index (Phi) is 10.1. The third-order valence-electron chi connectivity index (χ3n) is 6.60. The van der Waals surface area contributed by atoms with Gasteiger partial charge in [0.15, 0.2) is 0 Å². The summed E-state index contributed by atoms with van der Waals surface area (Å²) in [5.74, 6) is -1.57. The van der Waals surface area contributed by atoms with Gasteiger partial charge in [-0.1, -0.05) is 38.8 Å². The largest absolute Gasteiger partial charge is 0.507 e. The number of ketones is 1. The van der Waals surface area contributed by atoms with Crippen LogP contribution in [0.25, 0.3) is 5.76 Å². The van der Waals surface area contributed by atoms with Crippen molar-refractivity contribution in [3.8, 4) is 5.75 Å². The Hall–Kier alpha value is -3.19. The zero-order valence-electron chi connectivity index (χ0n) is 21.5. The van der Waals surface area contributed by atoms with Crippen LogP contribution in [0.1, 0.15) is 63.1 Å². The van der Waals surface area contributed by atoms with Crippen LogP contribution in [0.2, 0.25) is 0 Å². The van der Waals surface area contributed by atoms with E-state index in [1.165, 1.54) is 24.1 Å². The summed E-state index contributed by atoms with van der Waals surface area (Å²) >= 11 is 0. The fourth-order valence-electron chi connectivity index (χ4n) is 4.60. The number of Topliss-reactive ketones (excluding diaryl/α,β-unsaturated/α-hetero) is 1. The maximum atomic E-state index is 14.2. The molecule has 2 aromatic rings. The zero-order valence-corrected chi connectivity index (χ0v) is 21.5. The number of rotatable bonds is 13. The lowest BCUT2D eigenvalue weighted by molar-refractivity contribution is -0.140. The van der Waals surface area contributed by atoms with E-state index in [9.17, 15) is 19.1 Å². The molecule has 1 aliphatic heterocycles. The standard InChI is InChI=1S/C29H37FN2O4/c1-4-6-16-31(17-7-5-2)18-9-19-32-26(22-10-8-11-23(30)20-22)25(28(34)29(32)35)27(33)21-12-14-24(36-3)15-13-21/h8,10-15,20,26,33H,4-7,9,16-19H2,1-3H3/b27-25+. The number of nitrogens with zero attached hydrogens (tertiary/aromatic N) is 2. The van der Waals surface area contributed by atoms with E-state index in [1.807, 2.05) is 0 Å². The van der Waals surface area contributed by atoms with Gasteiger partial charge < -0.3 is 19.6 Å². The zero-order chi connectivity index (χ0) is 26.1. The van der Waals surface area contributed by atoms with E-state index < -0.39 is 23.5 Å². The van der Waals surface area contributed by atoms with Gasteiger partial charge in [0.25, 0.3) is 11.7 Å². The predicted octanol–water partition coefficient (Wildman–Crippen LogP) is 5.55. The number of hydrogen-bond donors (Lipinski definition) is 1. The van der Waals surface area contributed by atoms with Crippen molar-refractivity contribution in [1.82, 2.24) is 9.80 Å². The molecule has 1 heterocycles. The highest BCUT2D eigenvalue weighted by Crippen LogP contribution is 2.39. The van der Waals surface area contributed by atoms with Gasteiger partial charge in [0.05, 0.1) is 18.7 Å². The predicted molar refractivity (Wildman–Crippen MR) is 139 cm³/mol. The topological polar surface area (TPSA) is 70.1 Å². The molecule has 1 unspecified atom stereocenters. The number of hydrogen-bond acceptors (Lipinski definition) is 5. The highest BCUT2D eigenvalue weighted by atomic mass is 19.1. The van der Waals surface area contributed by atoms with Gasteiger partial charge in [0.1, 0.15) is 17.3 Å². The summed E-state index contributed by atoms with van der Waals surface area (Å²) < 4.78 is 19.4. The summed E-state index contributed by atoms with van der Waals surface area (Å²) in [5, 5.41) is 11.1. The Balaban J connectivity index is 1.91. The van der Waals surface area contributed by atoms with Gasteiger partial charge in [-0.25, -0.2) is 4.39 Å². The Bertz CT molecular complexity index is 1060. The lowest BCUT2D eigenvalue weighted by Gasteiger charge is -2.27. The molecule has 3 rings (SSSR count). The molecule has 6 nitrogen and oxygen atoms in total. The molecule has 1 amide bonds. The molecule has 0 spiro atoms. The molecule has 1 saturated heterocycles. The van der Waals surface area contributed by atoms with E-state index in [4.69, 9.17) is 4.74 Å². The van der Waals surface area contributed by atoms with Crippen molar-refractivity contribution < 1.29 is 23.8 Å². The minimum absolute atomic E-state index is 0.0235. The van der Waals surface area contributed by atoms with E-state index in [1.54, 1.807) is 36.4 Å². The fourth-order valence-corrected chi connectivity index (χ4v) is 4.60. The first-order valence-corrected chi connectivity index (χ1v) is 12.8. The van der Waals surface area contributed by atoms with Crippen LogP contribution < -0.4 is 4.74 Å². The molecule has 1 fully saturated rings. The molecule has 1 N–H and O–H groups in total. The number of amides is 1. The van der Waals surface area contributed by atoms with Gasteiger partial charge in [-0.15, -0.1) is 0 Å². The van der Waals surface area contributed by atoms with Gasteiger partial charge in [-0.2, -0.15) is 0 Å². The maximum Gasteiger partial charge on any atom is 0.295 e. The van der Waals surface area contributed by atoms with Crippen molar-refractivity contribution in [2.45, 2.75) is 52.0 Å². The van der Waals surface area contributed by atoms with Gasteiger partial charge >= 0.3 is 0 Å². The Morgan fingerprint density at radius 3 is 2.22 bits per heavy atom. The number of benzene rings is 2. The van der Waals surface area contributed by atoms with Gasteiger partial charge in [0, 0.05) is 12.1 Å². The second kappa shape index (κ2) is 13.2. The average Bonchev–Trinajstić information content (AvgIpc) is 3.14. The summed E-state index contributed by atoms with van der Waals surface area (Å²) in [6.07, 6.45) is 5.12. The monoisotopic (exact) mass is 496 g/mol. The third kappa shape index (κ3) is 6.52. The van der Waals surface area contributed by atoms with Gasteiger partial charge in [-0.3, -0.25) is 9.59 Å². The summed E-state index contributed by atoms with van der Waals surface area (Å²) in [4.78, 5) is 30.2. The number of likely N-dealkylation sites (tertiary alicyclic amines) is 1. The molecule has 1 atom stereocenters. The summed E-state index contributed by atoms with van der Waals surface area (Å²) in [6.45, 7) is 7.47. The van der Waals surface area contributed by atoms with Crippen LogP contribution in [0.5, 0.6) is 5.75 Å². The lowest BCUT2D eigenvalue weighted by Crippen LogP contribution is -2.34. The number of aliphatic hydroxyl groups excluding tert-OH is 1. The van der Waals surface area contributed by atoms with Crippen LogP contribution in [0, 0.1) is 5.82 Å². The summed E-state index contributed by atoms with van der Waals surface area (Å²) in [6, 6.07) is 11.6. The number of ether oxygens (including phenoxy) is 1. The minimum atomic E-state index is -0.859. The SMILES string of the molecule is CCCCN(CCCC)CCCN1C(=O)C(=O)/C(=C(/O)c2ccc(OC)cc2)C1c1cccc(F)c1. The van der Waals surface area contributed by atoms with Crippen molar-refractivity contribution in [2.75, 3.05) is 33.3 Å². The first kappa shape index (κ1) is 27.4. The van der Waals surface area contributed by atoms with E-state index in [0.717, 1.165) is 45.3 Å². The molecule has 2 aromatic carbocycles. The number of methoxy groups -OCH3 is 1. The smallest absolute Gasteiger partial charge is 0.295 e. The van der Waals surface area contributed by atoms with Crippen molar-refractivity contribution in [1.29, 1.82) is 0 Å². The van der Waals surface area contributed by atoms with Crippen molar-refractivity contribution >= 4 is 17.4 Å². The molecule has 7 heteroatoms. The van der Waals surface area contributed by atoms with Crippen molar-refractivity contribution in [3.63, 3.8) is 0 Å². The van der Waals surface area contributed by atoms with Gasteiger partial charge in [-0.05, 0) is 80.9 Å². The number of aliphatic hydroxyl groups is 1. The Labute approximate surface area is 213 Å². The molecule has 1 aliphatic rings. The molecule has 194 valence electrons. The molecule has 0 saturated carbocycles. The van der Waals surface area contributed by atoms with Crippen LogP contribution in [0.3, 0.4) is 0 Å². The van der Waals surface area contributed by atoms with Crippen LogP contribution in [-0.4, -0.2) is 59.9 Å². The highest BCUT2D eigenvalue weighted by molar-refractivity contribution is 6.46. The molecule has 0 aliphatic carbocycles. The van der Waals surface area contributed by atoms with E-state index in [0.29, 0.717) is 29.8 Å². The van der Waals surface area contributed by atoms with Crippen LogP contribution in [0.15, 0.2) is 54.1 Å². The number of carbonyl (C=O) groups excluding carboxylic acids is 2. The molecular weight excluding hydrogens is 459 g/mol. The van der Waals surface area contributed by atoms with Gasteiger partial charge in [0.2, 0.25) is 0 Å². The third-order valence-corrected chi connectivity index (χ3v) is 6.60. The van der Waals surface area contributed by atoms with Crippen LogP contribution >= 0.6 is 0 Å². The van der Waals surface area contributed by atoms with Crippen molar-refractivity contribution in [2.24, 2.45) is 0 Å². The molecule has 36 heavy (non-hydrogen) atoms. The average molecular weight is 497 g/mol. The second-order valence-corrected chi connectivity index (χ2v) is 9.18. The number of carbonyl (C=O) groups is 2. The minimum Gasteiger partial charge on any atom is -0.507 e. The number of unbranched alkanes of at least 4 members (excludes halogenated alkanes) is 2. The quantitative estimate of drug-likeness (QED) is 0.224. The van der Waals surface area contributed by atoms with E-state index >= 15 is 0 Å².